The van der Waals surface area contributed by atoms with Crippen LogP contribution in [0.2, 0.25) is 0 Å². The van der Waals surface area contributed by atoms with Crippen molar-refractivity contribution in [1.82, 2.24) is 14.9 Å². The number of sulfone groups is 1. The minimum absolute atomic E-state index is 0.0171. The molecule has 2 N–H and O–H groups in total. The van der Waals surface area contributed by atoms with Crippen molar-refractivity contribution in [2.24, 2.45) is 5.92 Å². The molecule has 1 atom stereocenters. The summed E-state index contributed by atoms with van der Waals surface area (Å²) in [6.07, 6.45) is 0.905. The van der Waals surface area contributed by atoms with Gasteiger partial charge in [-0.3, -0.25) is 9.59 Å². The quantitative estimate of drug-likeness (QED) is 0.378. The van der Waals surface area contributed by atoms with E-state index in [4.69, 9.17) is 23.7 Å². The summed E-state index contributed by atoms with van der Waals surface area (Å²) in [5, 5.41) is 5.81. The van der Waals surface area contributed by atoms with Gasteiger partial charge in [0.2, 0.25) is 10.0 Å². The topological polar surface area (TPSA) is 176 Å². The van der Waals surface area contributed by atoms with E-state index in [-0.39, 0.29) is 81.1 Å². The summed E-state index contributed by atoms with van der Waals surface area (Å²) in [5.74, 6) is 1.54. The molecule has 6 heterocycles. The zero-order valence-electron chi connectivity index (χ0n) is 29.1. The Hall–Kier alpha value is -4.54. The highest BCUT2D eigenvalue weighted by Gasteiger charge is 2.46. The number of amides is 2. The highest BCUT2D eigenvalue weighted by atomic mass is 32.2. The number of piperidine rings is 1. The van der Waals surface area contributed by atoms with E-state index in [9.17, 15) is 26.4 Å². The van der Waals surface area contributed by atoms with E-state index in [1.165, 1.54) is 18.5 Å². The number of hydrogen-bond acceptors (Lipinski definition) is 11. The van der Waals surface area contributed by atoms with Gasteiger partial charge in [0.25, 0.3) is 11.8 Å². The summed E-state index contributed by atoms with van der Waals surface area (Å²) in [5.41, 5.74) is -0.381. The average Bonchev–Trinajstić information content (AvgIpc) is 3.50. The van der Waals surface area contributed by atoms with Gasteiger partial charge in [-0.25, -0.2) is 21.1 Å². The van der Waals surface area contributed by atoms with Gasteiger partial charge in [-0.1, -0.05) is 0 Å². The van der Waals surface area contributed by atoms with Crippen molar-refractivity contribution >= 4 is 31.7 Å². The smallest absolute Gasteiger partial charge is 0.264 e. The fourth-order valence-electron chi connectivity index (χ4n) is 6.61. The van der Waals surface area contributed by atoms with Crippen molar-refractivity contribution in [3.05, 3.63) is 71.8 Å². The average molecular weight is 758 g/mol. The SMILES string of the molecule is COc1cc2ccc1CNC(=O)C1(CCN(S(=O)(=O)CCC3CCS(=O)(=O)C3)CC1)Oc1ccc(cc1)OCCNC(=O)c1ccc(OC)c(c1)O2. The number of hydrogen-bond donors (Lipinski definition) is 2. The maximum absolute atomic E-state index is 14.1. The highest BCUT2D eigenvalue weighted by Crippen LogP contribution is 2.36. The van der Waals surface area contributed by atoms with Crippen molar-refractivity contribution in [1.29, 1.82) is 0 Å². The molecule has 280 valence electrons. The second-order valence-electron chi connectivity index (χ2n) is 13.1. The predicted molar refractivity (Wildman–Crippen MR) is 192 cm³/mol. The number of carbonyl (C=O) groups is 2. The van der Waals surface area contributed by atoms with Crippen molar-refractivity contribution in [3.63, 3.8) is 0 Å². The molecular weight excluding hydrogens is 715 g/mol. The lowest BCUT2D eigenvalue weighted by molar-refractivity contribution is -0.140. The lowest BCUT2D eigenvalue weighted by atomic mass is 9.90. The van der Waals surface area contributed by atoms with Gasteiger partial charge in [-0.2, -0.15) is 0 Å². The largest absolute Gasteiger partial charge is 0.496 e. The Bertz CT molecular complexity index is 2000. The monoisotopic (exact) mass is 757 g/mol. The first-order valence-corrected chi connectivity index (χ1v) is 20.5. The standard InChI is InChI=1S/C36H43N3O11S2/c1-46-31-10-4-26-21-33(31)49-30-5-3-27(32(22-30)47-2)23-38-35(41)36(50-29-8-6-28(7-9-29)48-18-15-37-34(26)40)13-16-39(17-14-36)52(44,45)20-12-25-11-19-51(42,43)24-25/h3-10,21-22,25H,11-20,23-24H2,1-2H3,(H,37,40)(H,38,41). The molecule has 0 saturated carbocycles. The molecule has 2 fully saturated rings. The molecule has 3 aromatic carbocycles. The summed E-state index contributed by atoms with van der Waals surface area (Å²) in [6.45, 7) is 0.577. The van der Waals surface area contributed by atoms with Crippen molar-refractivity contribution in [3.8, 4) is 34.5 Å². The van der Waals surface area contributed by atoms with E-state index in [1.54, 1.807) is 60.7 Å². The summed E-state index contributed by atoms with van der Waals surface area (Å²) < 4.78 is 81.2. The summed E-state index contributed by atoms with van der Waals surface area (Å²) in [6, 6.07) is 16.7. The van der Waals surface area contributed by atoms with Crippen LogP contribution in [0.25, 0.3) is 0 Å². The number of rotatable bonds is 6. The Labute approximate surface area is 303 Å². The third-order valence-electron chi connectivity index (χ3n) is 9.59. The van der Waals surface area contributed by atoms with Crippen LogP contribution in [0.15, 0.2) is 60.7 Å². The predicted octanol–water partition coefficient (Wildman–Crippen LogP) is 3.30. The second kappa shape index (κ2) is 15.6. The zero-order valence-corrected chi connectivity index (χ0v) is 30.7. The molecule has 52 heavy (non-hydrogen) atoms. The number of carbonyl (C=O) groups excluding carboxylic acids is 2. The van der Waals surface area contributed by atoms with E-state index in [1.807, 2.05) is 0 Å². The molecular formula is C36H43N3O11S2. The van der Waals surface area contributed by atoms with E-state index in [2.05, 4.69) is 10.6 Å². The minimum Gasteiger partial charge on any atom is -0.496 e. The van der Waals surface area contributed by atoms with E-state index >= 15 is 0 Å². The fourth-order valence-corrected chi connectivity index (χ4v) is 10.1. The Morgan fingerprint density at radius 1 is 0.904 bits per heavy atom. The Morgan fingerprint density at radius 3 is 2.31 bits per heavy atom. The summed E-state index contributed by atoms with van der Waals surface area (Å²) in [7, 11) is -3.81. The van der Waals surface area contributed by atoms with Gasteiger partial charge >= 0.3 is 0 Å². The Balaban J connectivity index is 1.23. The third kappa shape index (κ3) is 8.73. The van der Waals surface area contributed by atoms with Gasteiger partial charge in [0.05, 0.1) is 38.0 Å². The van der Waals surface area contributed by atoms with E-state index in [0.29, 0.717) is 52.0 Å². The number of methoxy groups -OCH3 is 2. The molecule has 2 amide bonds. The van der Waals surface area contributed by atoms with Gasteiger partial charge < -0.3 is 34.3 Å². The molecule has 6 aliphatic heterocycles. The van der Waals surface area contributed by atoms with Crippen LogP contribution in [-0.2, 0) is 31.2 Å². The van der Waals surface area contributed by atoms with Crippen LogP contribution in [0, 0.1) is 5.92 Å². The molecule has 14 nitrogen and oxygen atoms in total. The maximum Gasteiger partial charge on any atom is 0.264 e. The Kier molecular flexibility index (Phi) is 11.2. The fraction of sp³-hybridized carbons (Fsp3) is 0.444. The molecule has 0 aromatic heterocycles. The van der Waals surface area contributed by atoms with Gasteiger partial charge in [0, 0.05) is 49.7 Å². The summed E-state index contributed by atoms with van der Waals surface area (Å²) >= 11 is 0. The third-order valence-corrected chi connectivity index (χ3v) is 13.3. The van der Waals surface area contributed by atoms with Gasteiger partial charge in [-0.15, -0.1) is 0 Å². The van der Waals surface area contributed by atoms with Gasteiger partial charge in [0.1, 0.15) is 29.6 Å². The van der Waals surface area contributed by atoms with Crippen LogP contribution in [0.3, 0.4) is 0 Å². The number of nitrogens with zero attached hydrogens (tertiary/aromatic N) is 1. The van der Waals surface area contributed by atoms with Crippen LogP contribution in [-0.4, -0.2) is 96.3 Å². The Morgan fingerprint density at radius 2 is 1.62 bits per heavy atom. The normalized spacial score (nSPS) is 20.7. The first-order valence-electron chi connectivity index (χ1n) is 17.1. The van der Waals surface area contributed by atoms with Crippen LogP contribution < -0.4 is 34.3 Å². The zero-order chi connectivity index (χ0) is 36.9. The van der Waals surface area contributed by atoms with Gasteiger partial charge in [-0.05, 0) is 73.4 Å². The van der Waals surface area contributed by atoms with E-state index in [0.717, 1.165) is 0 Å². The second-order valence-corrected chi connectivity index (χ2v) is 17.4. The van der Waals surface area contributed by atoms with E-state index < -0.39 is 31.4 Å². The molecule has 6 aliphatic rings. The molecule has 1 spiro atoms. The number of ether oxygens (including phenoxy) is 5. The molecule has 3 aromatic rings. The molecule has 0 radical (unpaired) electrons. The molecule has 0 aliphatic carbocycles. The lowest BCUT2D eigenvalue weighted by Crippen LogP contribution is -2.58. The van der Waals surface area contributed by atoms with Crippen molar-refractivity contribution in [2.45, 2.75) is 37.8 Å². The van der Waals surface area contributed by atoms with Gasteiger partial charge in [0.15, 0.2) is 26.9 Å². The number of sulfonamides is 1. The first-order chi connectivity index (χ1) is 24.9. The van der Waals surface area contributed by atoms with Crippen molar-refractivity contribution < 1.29 is 50.1 Å². The highest BCUT2D eigenvalue weighted by molar-refractivity contribution is 7.91. The molecule has 16 heteroatoms. The summed E-state index contributed by atoms with van der Waals surface area (Å²) in [4.78, 5) is 27.0. The molecule has 2 saturated heterocycles. The van der Waals surface area contributed by atoms with Crippen molar-refractivity contribution in [2.75, 3.05) is 57.7 Å². The lowest BCUT2D eigenvalue weighted by Gasteiger charge is -2.40. The molecule has 6 bridgehead atoms. The minimum atomic E-state index is -3.70. The van der Waals surface area contributed by atoms with Crippen LogP contribution in [0.1, 0.15) is 41.6 Å². The van der Waals surface area contributed by atoms with Crippen LogP contribution >= 0.6 is 0 Å². The molecule has 9 rings (SSSR count). The maximum atomic E-state index is 14.1. The van der Waals surface area contributed by atoms with Crippen LogP contribution in [0.4, 0.5) is 0 Å². The molecule has 1 unspecified atom stereocenters. The first kappa shape index (κ1) is 37.2. The number of benzene rings is 3. The number of nitrogens with one attached hydrogen (secondary N) is 2. The van der Waals surface area contributed by atoms with Crippen LogP contribution in [0.5, 0.6) is 34.5 Å².